The molecule has 0 bridgehead atoms. The van der Waals surface area contributed by atoms with Gasteiger partial charge >= 0.3 is 0 Å². The van der Waals surface area contributed by atoms with E-state index in [1.54, 1.807) is 0 Å². The van der Waals surface area contributed by atoms with E-state index in [-0.39, 0.29) is 0 Å². The van der Waals surface area contributed by atoms with Gasteiger partial charge in [-0.15, -0.1) is 0 Å². The Hall–Kier alpha value is -3.13. The summed E-state index contributed by atoms with van der Waals surface area (Å²) in [5, 5.41) is 3.24. The van der Waals surface area contributed by atoms with E-state index in [2.05, 4.69) is 55.3 Å². The highest BCUT2D eigenvalue weighted by molar-refractivity contribution is 9.10. The molecule has 7 nitrogen and oxygen atoms in total. The van der Waals surface area contributed by atoms with Crippen molar-refractivity contribution in [3.05, 3.63) is 70.5 Å². The molecule has 8 heteroatoms. The summed E-state index contributed by atoms with van der Waals surface area (Å²) in [5.41, 5.74) is 9.67. The number of ether oxygens (including phenoxy) is 1. The number of aromatic nitrogens is 4. The second-order valence-corrected chi connectivity index (χ2v) is 7.98. The van der Waals surface area contributed by atoms with Crippen LogP contribution in [-0.4, -0.2) is 26.1 Å². The third kappa shape index (κ3) is 5.14. The number of nitrogens with two attached hydrogens (primary N) is 1. The van der Waals surface area contributed by atoms with Crippen LogP contribution in [0.1, 0.15) is 30.9 Å². The van der Waals surface area contributed by atoms with E-state index in [1.165, 1.54) is 0 Å². The van der Waals surface area contributed by atoms with Gasteiger partial charge in [-0.05, 0) is 45.6 Å². The molecule has 31 heavy (non-hydrogen) atoms. The number of anilines is 2. The molecular weight excluding hydrogens is 456 g/mol. The van der Waals surface area contributed by atoms with Gasteiger partial charge in [0, 0.05) is 6.54 Å². The van der Waals surface area contributed by atoms with Gasteiger partial charge in [-0.2, -0.15) is 9.97 Å². The number of hydrogen-bond donors (Lipinski definition) is 2. The van der Waals surface area contributed by atoms with Gasteiger partial charge < -0.3 is 15.8 Å². The largest absolute Gasteiger partial charge is 0.489 e. The smallest absolute Gasteiger partial charge is 0.226 e. The topological polar surface area (TPSA) is 90.9 Å². The van der Waals surface area contributed by atoms with Gasteiger partial charge in [0.1, 0.15) is 12.4 Å². The first-order chi connectivity index (χ1) is 15.1. The SMILES string of the molecule is CCCCNc1nc(N)c2nc(Br)n(Cc3ccc(OCc4ccccc4)cc3)c2n1. The number of fused-ring (bicyclic) bond motifs is 1. The van der Waals surface area contributed by atoms with Crippen molar-refractivity contribution in [3.63, 3.8) is 0 Å². The molecule has 0 atom stereocenters. The molecule has 0 saturated carbocycles. The normalized spacial score (nSPS) is 11.0. The average Bonchev–Trinajstić information content (AvgIpc) is 3.10. The molecule has 160 valence electrons. The molecule has 0 unspecified atom stereocenters. The van der Waals surface area contributed by atoms with Gasteiger partial charge in [-0.25, -0.2) is 4.98 Å². The molecule has 0 amide bonds. The van der Waals surface area contributed by atoms with Crippen molar-refractivity contribution in [3.8, 4) is 5.75 Å². The first-order valence-electron chi connectivity index (χ1n) is 10.3. The monoisotopic (exact) mass is 480 g/mol. The van der Waals surface area contributed by atoms with E-state index >= 15 is 0 Å². The highest BCUT2D eigenvalue weighted by Gasteiger charge is 2.15. The predicted octanol–water partition coefficient (Wildman–Crippen LogP) is 5.01. The van der Waals surface area contributed by atoms with E-state index in [9.17, 15) is 0 Å². The molecular formula is C23H25BrN6O. The molecule has 3 N–H and O–H groups in total. The predicted molar refractivity (Wildman–Crippen MR) is 127 cm³/mol. The van der Waals surface area contributed by atoms with Gasteiger partial charge in [-0.3, -0.25) is 4.57 Å². The van der Waals surface area contributed by atoms with Gasteiger partial charge in [0.05, 0.1) is 6.54 Å². The molecule has 4 rings (SSSR count). The summed E-state index contributed by atoms with van der Waals surface area (Å²) in [7, 11) is 0. The highest BCUT2D eigenvalue weighted by Crippen LogP contribution is 2.25. The maximum atomic E-state index is 6.13. The molecule has 0 fully saturated rings. The molecule has 2 aromatic heterocycles. The molecule has 0 spiro atoms. The Morgan fingerprint density at radius 1 is 1.00 bits per heavy atom. The lowest BCUT2D eigenvalue weighted by molar-refractivity contribution is 0.306. The standard InChI is InChI=1S/C23H25BrN6O/c1-2-3-13-26-23-28-20(25)19-21(29-23)30(22(24)27-19)14-16-9-11-18(12-10-16)31-15-17-7-5-4-6-8-17/h4-12H,2-3,13-15H2,1H3,(H3,25,26,28,29). The van der Waals surface area contributed by atoms with Crippen LogP contribution in [-0.2, 0) is 13.2 Å². The van der Waals surface area contributed by atoms with Gasteiger partial charge in [0.2, 0.25) is 5.95 Å². The van der Waals surface area contributed by atoms with Crippen molar-refractivity contribution < 1.29 is 4.74 Å². The van der Waals surface area contributed by atoms with E-state index < -0.39 is 0 Å². The fourth-order valence-corrected chi connectivity index (χ4v) is 3.68. The average molecular weight is 481 g/mol. The molecule has 0 aliphatic heterocycles. The number of unbranched alkanes of at least 4 members (excludes halogenated alkanes) is 1. The first kappa shape index (κ1) is 21.1. The first-order valence-corrected chi connectivity index (χ1v) is 11.1. The van der Waals surface area contributed by atoms with Crippen molar-refractivity contribution >= 4 is 38.9 Å². The zero-order valence-electron chi connectivity index (χ0n) is 17.4. The number of benzene rings is 2. The Morgan fingerprint density at radius 2 is 1.77 bits per heavy atom. The minimum atomic E-state index is 0.369. The van der Waals surface area contributed by atoms with Gasteiger partial charge in [0.15, 0.2) is 21.7 Å². The Labute approximate surface area is 189 Å². The minimum Gasteiger partial charge on any atom is -0.489 e. The minimum absolute atomic E-state index is 0.369. The van der Waals surface area contributed by atoms with Crippen LogP contribution in [0.2, 0.25) is 0 Å². The number of nitrogens with zero attached hydrogens (tertiary/aromatic N) is 4. The van der Waals surface area contributed by atoms with E-state index in [1.807, 2.05) is 47.0 Å². The summed E-state index contributed by atoms with van der Waals surface area (Å²) >= 11 is 3.54. The zero-order chi connectivity index (χ0) is 21.6. The van der Waals surface area contributed by atoms with E-state index in [4.69, 9.17) is 10.5 Å². The number of hydrogen-bond acceptors (Lipinski definition) is 6. The summed E-state index contributed by atoms with van der Waals surface area (Å²) in [6.45, 7) is 4.09. The Morgan fingerprint density at radius 3 is 2.52 bits per heavy atom. The number of nitrogen functional groups attached to an aromatic ring is 1. The summed E-state index contributed by atoms with van der Waals surface area (Å²) in [4.78, 5) is 13.5. The summed E-state index contributed by atoms with van der Waals surface area (Å²) < 4.78 is 8.53. The van der Waals surface area contributed by atoms with Crippen LogP contribution in [0, 0.1) is 0 Å². The number of imidazole rings is 1. The highest BCUT2D eigenvalue weighted by atomic mass is 79.9. The van der Waals surface area contributed by atoms with Crippen LogP contribution < -0.4 is 15.8 Å². The fourth-order valence-electron chi connectivity index (χ4n) is 3.21. The van der Waals surface area contributed by atoms with Crippen LogP contribution in [0.25, 0.3) is 11.2 Å². The zero-order valence-corrected chi connectivity index (χ0v) is 19.0. The Kier molecular flexibility index (Phi) is 6.66. The summed E-state index contributed by atoms with van der Waals surface area (Å²) in [6.07, 6.45) is 2.14. The lowest BCUT2D eigenvalue weighted by Gasteiger charge is -2.10. The summed E-state index contributed by atoms with van der Waals surface area (Å²) in [6, 6.07) is 18.2. The molecule has 2 aromatic carbocycles. The van der Waals surface area contributed by atoms with Crippen molar-refractivity contribution in [2.24, 2.45) is 0 Å². The molecule has 0 aliphatic rings. The van der Waals surface area contributed by atoms with Crippen molar-refractivity contribution in [2.45, 2.75) is 32.9 Å². The number of rotatable bonds is 9. The Balaban J connectivity index is 1.50. The maximum Gasteiger partial charge on any atom is 0.226 e. The number of nitrogens with one attached hydrogen (secondary N) is 1. The number of halogens is 1. The van der Waals surface area contributed by atoms with E-state index in [0.717, 1.165) is 36.3 Å². The quantitative estimate of drug-likeness (QED) is 0.258. The van der Waals surface area contributed by atoms with Crippen molar-refractivity contribution in [1.29, 1.82) is 0 Å². The molecule has 4 aromatic rings. The second-order valence-electron chi connectivity index (χ2n) is 7.27. The maximum absolute atomic E-state index is 6.13. The lowest BCUT2D eigenvalue weighted by atomic mass is 10.2. The van der Waals surface area contributed by atoms with Crippen LogP contribution >= 0.6 is 15.9 Å². The van der Waals surface area contributed by atoms with Gasteiger partial charge in [0.25, 0.3) is 0 Å². The van der Waals surface area contributed by atoms with E-state index in [0.29, 0.717) is 40.8 Å². The lowest BCUT2D eigenvalue weighted by Crippen LogP contribution is -2.08. The van der Waals surface area contributed by atoms with Crippen LogP contribution in [0.15, 0.2) is 59.3 Å². The molecule has 0 saturated heterocycles. The second kappa shape index (κ2) is 9.78. The third-order valence-corrected chi connectivity index (χ3v) is 5.51. The fraction of sp³-hybridized carbons (Fsp3) is 0.261. The molecule has 0 aliphatic carbocycles. The Bertz CT molecular complexity index is 1140. The summed E-state index contributed by atoms with van der Waals surface area (Å²) in [5.74, 6) is 1.72. The third-order valence-electron chi connectivity index (χ3n) is 4.90. The van der Waals surface area contributed by atoms with Crippen LogP contribution in [0.3, 0.4) is 0 Å². The van der Waals surface area contributed by atoms with Crippen LogP contribution in [0.5, 0.6) is 5.75 Å². The molecule has 2 heterocycles. The van der Waals surface area contributed by atoms with Crippen LogP contribution in [0.4, 0.5) is 11.8 Å². The van der Waals surface area contributed by atoms with Crippen molar-refractivity contribution in [2.75, 3.05) is 17.6 Å². The van der Waals surface area contributed by atoms with Gasteiger partial charge in [-0.1, -0.05) is 55.8 Å². The van der Waals surface area contributed by atoms with Crippen molar-refractivity contribution in [1.82, 2.24) is 19.5 Å². The molecule has 0 radical (unpaired) electrons.